The molecule has 0 aliphatic heterocycles. The summed E-state index contributed by atoms with van der Waals surface area (Å²) in [4.78, 5) is 18.9. The Bertz CT molecular complexity index is 637. The Morgan fingerprint density at radius 2 is 2.11 bits per heavy atom. The number of aromatic nitrogens is 2. The number of anilines is 1. The van der Waals surface area contributed by atoms with Crippen molar-refractivity contribution in [3.05, 3.63) is 56.6 Å². The van der Waals surface area contributed by atoms with Crippen molar-refractivity contribution in [1.29, 1.82) is 0 Å². The molecule has 2 aromatic rings. The number of rotatable bonds is 4. The smallest absolute Gasteiger partial charge is 0.256 e. The van der Waals surface area contributed by atoms with Crippen LogP contribution in [0.25, 0.3) is 0 Å². The number of nitrogens with one attached hydrogen (secondary N) is 1. The molecule has 0 amide bonds. The summed E-state index contributed by atoms with van der Waals surface area (Å²) in [6.45, 7) is 2.00. The van der Waals surface area contributed by atoms with Gasteiger partial charge < -0.3 is 10.7 Å². The first-order valence-corrected chi connectivity index (χ1v) is 6.60. The average molecular weight is 278 g/mol. The molecule has 0 bridgehead atoms. The standard InChI is InChI=1S/C14H16ClN3O/c1-2-5-10-13(16)17-12(18-14(10)19)8-9-6-3-4-7-11(9)15/h3-4,6-7H,2,5,8H2,1H3,(H3,16,17,18,19). The van der Waals surface area contributed by atoms with Crippen LogP contribution in [-0.4, -0.2) is 9.97 Å². The molecule has 0 unspecified atom stereocenters. The third-order valence-electron chi connectivity index (χ3n) is 2.91. The molecule has 0 radical (unpaired) electrons. The summed E-state index contributed by atoms with van der Waals surface area (Å²) in [6.07, 6.45) is 1.96. The summed E-state index contributed by atoms with van der Waals surface area (Å²) < 4.78 is 0. The van der Waals surface area contributed by atoms with Crippen molar-refractivity contribution in [2.45, 2.75) is 26.2 Å². The van der Waals surface area contributed by atoms with Gasteiger partial charge in [0.25, 0.3) is 5.56 Å². The zero-order chi connectivity index (χ0) is 13.8. The lowest BCUT2D eigenvalue weighted by Gasteiger charge is -2.07. The molecule has 4 nitrogen and oxygen atoms in total. The number of hydrogen-bond acceptors (Lipinski definition) is 3. The van der Waals surface area contributed by atoms with Gasteiger partial charge in [-0.05, 0) is 18.1 Å². The van der Waals surface area contributed by atoms with Crippen LogP contribution in [-0.2, 0) is 12.8 Å². The third-order valence-corrected chi connectivity index (χ3v) is 3.28. The lowest BCUT2D eigenvalue weighted by atomic mass is 10.1. The van der Waals surface area contributed by atoms with E-state index in [0.29, 0.717) is 35.1 Å². The van der Waals surface area contributed by atoms with Gasteiger partial charge in [-0.25, -0.2) is 4.98 Å². The number of aromatic amines is 1. The Morgan fingerprint density at radius 1 is 1.37 bits per heavy atom. The molecular weight excluding hydrogens is 262 g/mol. The number of nitrogens with zero attached hydrogens (tertiary/aromatic N) is 1. The van der Waals surface area contributed by atoms with Gasteiger partial charge in [0.05, 0.1) is 5.56 Å². The highest BCUT2D eigenvalue weighted by molar-refractivity contribution is 6.31. The monoisotopic (exact) mass is 277 g/mol. The maximum Gasteiger partial charge on any atom is 0.256 e. The lowest BCUT2D eigenvalue weighted by Crippen LogP contribution is -2.20. The highest BCUT2D eigenvalue weighted by Gasteiger charge is 2.09. The number of halogens is 1. The van der Waals surface area contributed by atoms with Crippen molar-refractivity contribution in [3.63, 3.8) is 0 Å². The first-order valence-electron chi connectivity index (χ1n) is 6.22. The van der Waals surface area contributed by atoms with E-state index in [1.165, 1.54) is 0 Å². The normalized spacial score (nSPS) is 10.6. The van der Waals surface area contributed by atoms with Gasteiger partial charge in [0, 0.05) is 11.4 Å². The number of benzene rings is 1. The summed E-state index contributed by atoms with van der Waals surface area (Å²) in [5.41, 5.74) is 7.15. The van der Waals surface area contributed by atoms with Gasteiger partial charge >= 0.3 is 0 Å². The van der Waals surface area contributed by atoms with Gasteiger partial charge in [-0.2, -0.15) is 0 Å². The number of H-pyrrole nitrogens is 1. The molecule has 5 heteroatoms. The molecule has 1 aromatic heterocycles. The Labute approximate surface area is 116 Å². The van der Waals surface area contributed by atoms with E-state index in [-0.39, 0.29) is 5.56 Å². The Hall–Kier alpha value is -1.81. The lowest BCUT2D eigenvalue weighted by molar-refractivity contribution is 0.862. The minimum Gasteiger partial charge on any atom is -0.383 e. The quantitative estimate of drug-likeness (QED) is 0.902. The molecule has 0 spiro atoms. The van der Waals surface area contributed by atoms with Crippen molar-refractivity contribution in [1.82, 2.24) is 9.97 Å². The minimum atomic E-state index is -0.156. The number of nitrogen functional groups attached to an aromatic ring is 1. The van der Waals surface area contributed by atoms with E-state index in [2.05, 4.69) is 9.97 Å². The molecule has 2 rings (SSSR count). The fraction of sp³-hybridized carbons (Fsp3) is 0.286. The SMILES string of the molecule is CCCc1c(N)nc(Cc2ccccc2Cl)[nH]c1=O. The first-order chi connectivity index (χ1) is 9.11. The maximum absolute atomic E-state index is 11.9. The van der Waals surface area contributed by atoms with Crippen LogP contribution in [0.3, 0.4) is 0 Å². The largest absolute Gasteiger partial charge is 0.383 e. The molecule has 0 atom stereocenters. The summed E-state index contributed by atoms with van der Waals surface area (Å²) in [5.74, 6) is 0.850. The van der Waals surface area contributed by atoms with E-state index in [1.54, 1.807) is 0 Å². The van der Waals surface area contributed by atoms with Crippen molar-refractivity contribution in [2.75, 3.05) is 5.73 Å². The Morgan fingerprint density at radius 3 is 2.74 bits per heavy atom. The maximum atomic E-state index is 11.9. The Kier molecular flexibility index (Phi) is 4.22. The molecule has 1 aromatic carbocycles. The molecule has 0 saturated carbocycles. The van der Waals surface area contributed by atoms with E-state index in [1.807, 2.05) is 31.2 Å². The predicted octanol–water partition coefficient (Wildman–Crippen LogP) is 2.55. The molecular formula is C14H16ClN3O. The van der Waals surface area contributed by atoms with Gasteiger partial charge in [0.15, 0.2) is 0 Å². The highest BCUT2D eigenvalue weighted by Crippen LogP contribution is 2.17. The van der Waals surface area contributed by atoms with Crippen molar-refractivity contribution in [2.24, 2.45) is 0 Å². The summed E-state index contributed by atoms with van der Waals surface area (Å²) >= 11 is 6.08. The van der Waals surface area contributed by atoms with Crippen LogP contribution in [0.4, 0.5) is 5.82 Å². The molecule has 19 heavy (non-hydrogen) atoms. The van der Waals surface area contributed by atoms with Gasteiger partial charge in [-0.15, -0.1) is 0 Å². The molecule has 1 heterocycles. The first kappa shape index (κ1) is 13.6. The van der Waals surface area contributed by atoms with E-state index in [9.17, 15) is 4.79 Å². The summed E-state index contributed by atoms with van der Waals surface area (Å²) in [5, 5.41) is 0.654. The van der Waals surface area contributed by atoms with Gasteiger partial charge in [-0.1, -0.05) is 43.1 Å². The molecule has 100 valence electrons. The van der Waals surface area contributed by atoms with Crippen LogP contribution < -0.4 is 11.3 Å². The highest BCUT2D eigenvalue weighted by atomic mass is 35.5. The van der Waals surface area contributed by atoms with Crippen LogP contribution in [0.2, 0.25) is 5.02 Å². The molecule has 0 fully saturated rings. The summed E-state index contributed by atoms with van der Waals surface area (Å²) in [7, 11) is 0. The second-order valence-electron chi connectivity index (χ2n) is 4.39. The van der Waals surface area contributed by atoms with Crippen molar-refractivity contribution < 1.29 is 0 Å². The molecule has 0 aliphatic rings. The van der Waals surface area contributed by atoms with Gasteiger partial charge in [0.1, 0.15) is 11.6 Å². The number of nitrogens with two attached hydrogens (primary N) is 1. The fourth-order valence-corrected chi connectivity index (χ4v) is 2.16. The fourth-order valence-electron chi connectivity index (χ4n) is 1.96. The van der Waals surface area contributed by atoms with E-state index in [4.69, 9.17) is 17.3 Å². The van der Waals surface area contributed by atoms with E-state index >= 15 is 0 Å². The van der Waals surface area contributed by atoms with Crippen LogP contribution in [0.15, 0.2) is 29.1 Å². The van der Waals surface area contributed by atoms with Crippen LogP contribution in [0.1, 0.15) is 30.3 Å². The second kappa shape index (κ2) is 5.89. The van der Waals surface area contributed by atoms with E-state index < -0.39 is 0 Å². The van der Waals surface area contributed by atoms with Gasteiger partial charge in [-0.3, -0.25) is 4.79 Å². The van der Waals surface area contributed by atoms with Crippen LogP contribution >= 0.6 is 11.6 Å². The van der Waals surface area contributed by atoms with Crippen LogP contribution in [0, 0.1) is 0 Å². The summed E-state index contributed by atoms with van der Waals surface area (Å²) in [6, 6.07) is 7.47. The predicted molar refractivity (Wildman–Crippen MR) is 77.5 cm³/mol. The third kappa shape index (κ3) is 3.15. The van der Waals surface area contributed by atoms with Gasteiger partial charge in [0.2, 0.25) is 0 Å². The zero-order valence-electron chi connectivity index (χ0n) is 10.7. The molecule has 0 aliphatic carbocycles. The van der Waals surface area contributed by atoms with E-state index in [0.717, 1.165) is 12.0 Å². The second-order valence-corrected chi connectivity index (χ2v) is 4.80. The average Bonchev–Trinajstić information content (AvgIpc) is 2.37. The van der Waals surface area contributed by atoms with Crippen molar-refractivity contribution >= 4 is 17.4 Å². The van der Waals surface area contributed by atoms with Crippen LogP contribution in [0.5, 0.6) is 0 Å². The Balaban J connectivity index is 2.33. The zero-order valence-corrected chi connectivity index (χ0v) is 11.5. The minimum absolute atomic E-state index is 0.156. The number of hydrogen-bond donors (Lipinski definition) is 2. The molecule has 0 saturated heterocycles. The molecule has 3 N–H and O–H groups in total. The van der Waals surface area contributed by atoms with Crippen molar-refractivity contribution in [3.8, 4) is 0 Å². The topological polar surface area (TPSA) is 71.8 Å².